The summed E-state index contributed by atoms with van der Waals surface area (Å²) in [6.45, 7) is 8.48. The summed E-state index contributed by atoms with van der Waals surface area (Å²) in [6, 6.07) is 5.92. The Hall–Kier alpha value is -1.27. The first kappa shape index (κ1) is 17.1. The van der Waals surface area contributed by atoms with Gasteiger partial charge < -0.3 is 19.6 Å². The summed E-state index contributed by atoms with van der Waals surface area (Å²) in [5, 5.41) is 9.21. The zero-order valence-corrected chi connectivity index (χ0v) is 14.9. The molecule has 2 rings (SSSR count). The number of carbonyl (C=O) groups is 1. The molecule has 0 atom stereocenters. The van der Waals surface area contributed by atoms with E-state index in [1.54, 1.807) is 4.90 Å². The van der Waals surface area contributed by atoms with Crippen LogP contribution in [0.1, 0.15) is 26.3 Å². The van der Waals surface area contributed by atoms with Gasteiger partial charge in [0.1, 0.15) is 5.60 Å². The Bertz CT molecular complexity index is 535. The molecule has 1 heterocycles. The molecular weight excluding hydrogens is 348 g/mol. The second-order valence-electron chi connectivity index (χ2n) is 6.39. The molecule has 1 saturated heterocycles. The van der Waals surface area contributed by atoms with E-state index in [1.807, 2.05) is 39.0 Å². The zero-order chi connectivity index (χ0) is 16.3. The highest BCUT2D eigenvalue weighted by Crippen LogP contribution is 2.25. The minimum Gasteiger partial charge on any atom is -0.444 e. The normalized spacial score (nSPS) is 15.9. The number of hydrogen-bond donors (Lipinski definition) is 1. The van der Waals surface area contributed by atoms with Gasteiger partial charge in [0, 0.05) is 36.3 Å². The van der Waals surface area contributed by atoms with Crippen molar-refractivity contribution in [2.24, 2.45) is 0 Å². The fourth-order valence-electron chi connectivity index (χ4n) is 2.33. The number of amides is 1. The van der Waals surface area contributed by atoms with Gasteiger partial charge in [0.25, 0.3) is 0 Å². The van der Waals surface area contributed by atoms with Gasteiger partial charge in [-0.3, -0.25) is 0 Å². The Balaban J connectivity index is 1.94. The van der Waals surface area contributed by atoms with Gasteiger partial charge in [-0.2, -0.15) is 0 Å². The first-order chi connectivity index (χ1) is 10.3. The van der Waals surface area contributed by atoms with Gasteiger partial charge in [-0.25, -0.2) is 4.79 Å². The maximum Gasteiger partial charge on any atom is 0.410 e. The summed E-state index contributed by atoms with van der Waals surface area (Å²) >= 11 is 3.47. The predicted molar refractivity (Wildman–Crippen MR) is 90.1 cm³/mol. The Morgan fingerprint density at radius 2 is 1.91 bits per heavy atom. The van der Waals surface area contributed by atoms with E-state index in [0.29, 0.717) is 13.1 Å². The van der Waals surface area contributed by atoms with Crippen molar-refractivity contribution in [2.75, 3.05) is 31.1 Å². The molecule has 0 aliphatic carbocycles. The highest BCUT2D eigenvalue weighted by molar-refractivity contribution is 9.10. The van der Waals surface area contributed by atoms with Crippen molar-refractivity contribution >= 4 is 27.7 Å². The second kappa shape index (κ2) is 6.87. The molecule has 0 radical (unpaired) electrons. The van der Waals surface area contributed by atoms with Crippen molar-refractivity contribution in [3.8, 4) is 0 Å². The van der Waals surface area contributed by atoms with Crippen molar-refractivity contribution in [3.63, 3.8) is 0 Å². The van der Waals surface area contributed by atoms with Gasteiger partial charge in [-0.1, -0.05) is 22.0 Å². The molecule has 5 nitrogen and oxygen atoms in total. The third kappa shape index (κ3) is 4.36. The Labute approximate surface area is 140 Å². The summed E-state index contributed by atoms with van der Waals surface area (Å²) in [5.74, 6) is 0. The number of benzene rings is 1. The van der Waals surface area contributed by atoms with Crippen molar-refractivity contribution in [3.05, 3.63) is 28.2 Å². The summed E-state index contributed by atoms with van der Waals surface area (Å²) in [6.07, 6.45) is -0.246. The average molecular weight is 371 g/mol. The molecular formula is C16H23BrN2O3. The van der Waals surface area contributed by atoms with Gasteiger partial charge in [-0.15, -0.1) is 0 Å². The molecule has 0 spiro atoms. The fraction of sp³-hybridized carbons (Fsp3) is 0.562. The molecule has 0 bridgehead atoms. The Morgan fingerprint density at radius 3 is 2.41 bits per heavy atom. The topological polar surface area (TPSA) is 53.0 Å². The highest BCUT2D eigenvalue weighted by Gasteiger charge is 2.26. The molecule has 0 saturated carbocycles. The van der Waals surface area contributed by atoms with E-state index in [-0.39, 0.29) is 12.7 Å². The lowest BCUT2D eigenvalue weighted by atomic mass is 10.2. The van der Waals surface area contributed by atoms with Crippen LogP contribution in [0.25, 0.3) is 0 Å². The Morgan fingerprint density at radius 1 is 1.27 bits per heavy atom. The van der Waals surface area contributed by atoms with Crippen LogP contribution in [0, 0.1) is 0 Å². The van der Waals surface area contributed by atoms with E-state index in [0.717, 1.165) is 28.8 Å². The average Bonchev–Trinajstić information content (AvgIpc) is 2.45. The summed E-state index contributed by atoms with van der Waals surface area (Å²) in [7, 11) is 0. The number of aliphatic hydroxyl groups excluding tert-OH is 1. The van der Waals surface area contributed by atoms with E-state index < -0.39 is 5.60 Å². The number of aliphatic hydroxyl groups is 1. The fourth-order valence-corrected chi connectivity index (χ4v) is 2.83. The Kier molecular flexibility index (Phi) is 5.34. The van der Waals surface area contributed by atoms with E-state index in [2.05, 4.69) is 20.8 Å². The predicted octanol–water partition coefficient (Wildman–Crippen LogP) is 3.00. The maximum absolute atomic E-state index is 12.0. The zero-order valence-electron chi connectivity index (χ0n) is 13.3. The molecule has 122 valence electrons. The molecule has 1 fully saturated rings. The van der Waals surface area contributed by atoms with Crippen LogP contribution in [0.5, 0.6) is 0 Å². The molecule has 0 aromatic heterocycles. The highest BCUT2D eigenvalue weighted by atomic mass is 79.9. The molecule has 1 N–H and O–H groups in total. The largest absolute Gasteiger partial charge is 0.444 e. The van der Waals surface area contributed by atoms with E-state index in [1.165, 1.54) is 0 Å². The molecule has 6 heteroatoms. The summed E-state index contributed by atoms with van der Waals surface area (Å²) in [4.78, 5) is 16.0. The minimum absolute atomic E-state index is 0.0211. The summed E-state index contributed by atoms with van der Waals surface area (Å²) < 4.78 is 6.31. The quantitative estimate of drug-likeness (QED) is 0.869. The molecule has 22 heavy (non-hydrogen) atoms. The van der Waals surface area contributed by atoms with Crippen LogP contribution < -0.4 is 4.90 Å². The maximum atomic E-state index is 12.0. The first-order valence-corrected chi connectivity index (χ1v) is 8.21. The number of ether oxygens (including phenoxy) is 1. The number of halogens is 1. The van der Waals surface area contributed by atoms with Crippen LogP contribution in [-0.2, 0) is 11.3 Å². The minimum atomic E-state index is -0.459. The van der Waals surface area contributed by atoms with Crippen LogP contribution in [0.4, 0.5) is 10.5 Å². The molecule has 0 unspecified atom stereocenters. The molecule has 1 amide bonds. The number of piperazine rings is 1. The first-order valence-electron chi connectivity index (χ1n) is 7.42. The van der Waals surface area contributed by atoms with Gasteiger partial charge in [0.2, 0.25) is 0 Å². The van der Waals surface area contributed by atoms with Crippen molar-refractivity contribution in [1.82, 2.24) is 4.90 Å². The number of rotatable bonds is 2. The van der Waals surface area contributed by atoms with E-state index >= 15 is 0 Å². The molecule has 1 aliphatic heterocycles. The SMILES string of the molecule is CC(C)(C)OC(=O)N1CCN(c2ccc(CO)c(Br)c2)CC1. The van der Waals surface area contributed by atoms with Gasteiger partial charge in [0.05, 0.1) is 6.61 Å². The number of anilines is 1. The monoisotopic (exact) mass is 370 g/mol. The van der Waals surface area contributed by atoms with E-state index in [4.69, 9.17) is 4.74 Å². The number of hydrogen-bond acceptors (Lipinski definition) is 4. The lowest BCUT2D eigenvalue weighted by Gasteiger charge is -2.36. The number of carbonyl (C=O) groups excluding carboxylic acids is 1. The third-order valence-electron chi connectivity index (χ3n) is 3.50. The lowest BCUT2D eigenvalue weighted by Crippen LogP contribution is -2.50. The van der Waals surface area contributed by atoms with Crippen LogP contribution in [0.15, 0.2) is 22.7 Å². The van der Waals surface area contributed by atoms with Crippen LogP contribution in [0.2, 0.25) is 0 Å². The van der Waals surface area contributed by atoms with Crippen LogP contribution >= 0.6 is 15.9 Å². The van der Waals surface area contributed by atoms with Gasteiger partial charge in [0.15, 0.2) is 0 Å². The number of nitrogens with zero attached hydrogens (tertiary/aromatic N) is 2. The third-order valence-corrected chi connectivity index (χ3v) is 4.24. The van der Waals surface area contributed by atoms with Gasteiger partial charge >= 0.3 is 6.09 Å². The van der Waals surface area contributed by atoms with Crippen LogP contribution in [0.3, 0.4) is 0 Å². The van der Waals surface area contributed by atoms with Crippen molar-refractivity contribution < 1.29 is 14.6 Å². The van der Waals surface area contributed by atoms with Crippen LogP contribution in [-0.4, -0.2) is 47.9 Å². The standard InChI is InChI=1S/C16H23BrN2O3/c1-16(2,3)22-15(21)19-8-6-18(7-9-19)13-5-4-12(11-20)14(17)10-13/h4-5,10,20H,6-9,11H2,1-3H3. The summed E-state index contributed by atoms with van der Waals surface area (Å²) in [5.41, 5.74) is 1.50. The molecule has 1 aromatic carbocycles. The van der Waals surface area contributed by atoms with E-state index in [9.17, 15) is 9.90 Å². The second-order valence-corrected chi connectivity index (χ2v) is 7.24. The lowest BCUT2D eigenvalue weighted by molar-refractivity contribution is 0.0240. The molecule has 1 aromatic rings. The van der Waals surface area contributed by atoms with Crippen molar-refractivity contribution in [1.29, 1.82) is 0 Å². The smallest absolute Gasteiger partial charge is 0.410 e. The van der Waals surface area contributed by atoms with Gasteiger partial charge in [-0.05, 0) is 38.5 Å². The van der Waals surface area contributed by atoms with Crippen molar-refractivity contribution in [2.45, 2.75) is 33.0 Å². The molecule has 1 aliphatic rings.